The van der Waals surface area contributed by atoms with Gasteiger partial charge in [-0.15, -0.1) is 0 Å². The Kier molecular flexibility index (Phi) is 5.72. The number of urea groups is 1. The zero-order chi connectivity index (χ0) is 22.1. The lowest BCUT2D eigenvalue weighted by atomic mass is 10.1. The van der Waals surface area contributed by atoms with Gasteiger partial charge in [0.15, 0.2) is 23.0 Å². The van der Waals surface area contributed by atoms with Crippen LogP contribution < -0.4 is 29.2 Å². The fourth-order valence-corrected chi connectivity index (χ4v) is 3.97. The van der Waals surface area contributed by atoms with Gasteiger partial charge in [-0.05, 0) is 65.4 Å². The number of anilines is 1. The number of hydrogen-bond donors (Lipinski definition) is 1. The molecule has 0 aromatic heterocycles. The van der Waals surface area contributed by atoms with Gasteiger partial charge in [-0.1, -0.05) is 0 Å². The second-order valence-electron chi connectivity index (χ2n) is 6.46. The van der Waals surface area contributed by atoms with Crippen LogP contribution in [0.2, 0.25) is 0 Å². The molecule has 0 atom stereocenters. The number of nitrogens with one attached hydrogen (secondary N) is 1. The molecule has 0 aliphatic carbocycles. The highest BCUT2D eigenvalue weighted by atomic mass is 127. The van der Waals surface area contributed by atoms with Gasteiger partial charge in [0.1, 0.15) is 5.57 Å². The summed E-state index contributed by atoms with van der Waals surface area (Å²) in [6.07, 6.45) is 1.41. The maximum Gasteiger partial charge on any atom is 0.335 e. The molecular weight excluding hydrogens is 519 g/mol. The fraction of sp³-hybridized carbons (Fsp3) is 0.190. The number of hydrogen-bond acceptors (Lipinski definition) is 7. The third-order valence-corrected chi connectivity index (χ3v) is 5.37. The summed E-state index contributed by atoms with van der Waals surface area (Å²) >= 11 is 2.09. The molecule has 4 rings (SSSR count). The second-order valence-corrected chi connectivity index (χ2v) is 7.62. The van der Waals surface area contributed by atoms with Crippen LogP contribution in [0, 0.1) is 3.57 Å². The van der Waals surface area contributed by atoms with Crippen molar-refractivity contribution in [3.63, 3.8) is 0 Å². The molecule has 0 radical (unpaired) electrons. The molecule has 1 N–H and O–H groups in total. The van der Waals surface area contributed by atoms with Gasteiger partial charge < -0.3 is 18.9 Å². The molecule has 160 valence electrons. The van der Waals surface area contributed by atoms with Gasteiger partial charge in [0.05, 0.1) is 23.0 Å². The van der Waals surface area contributed by atoms with Crippen molar-refractivity contribution in [1.82, 2.24) is 5.32 Å². The molecule has 0 saturated carbocycles. The molecule has 0 unspecified atom stereocenters. The van der Waals surface area contributed by atoms with E-state index in [-0.39, 0.29) is 18.1 Å². The summed E-state index contributed by atoms with van der Waals surface area (Å²) in [5.74, 6) is 0.422. The van der Waals surface area contributed by atoms with Gasteiger partial charge in [0.2, 0.25) is 6.79 Å². The summed E-state index contributed by atoms with van der Waals surface area (Å²) in [6.45, 7) is 2.37. The van der Waals surface area contributed by atoms with E-state index in [1.54, 1.807) is 24.3 Å². The Balaban J connectivity index is 1.72. The number of fused-ring (bicyclic) bond motifs is 1. The molecule has 0 spiro atoms. The summed E-state index contributed by atoms with van der Waals surface area (Å²) in [7, 11) is 1.50. The SMILES string of the molecule is CCOc1c(I)cc(/C=C2/C(=O)NC(=O)N(c3ccc4c(c3)OCO4)C2=O)cc1OC. The van der Waals surface area contributed by atoms with Crippen LogP contribution in [0.25, 0.3) is 6.08 Å². The van der Waals surface area contributed by atoms with Gasteiger partial charge in [0.25, 0.3) is 11.8 Å². The predicted molar refractivity (Wildman–Crippen MR) is 118 cm³/mol. The molecule has 2 aliphatic heterocycles. The van der Waals surface area contributed by atoms with E-state index in [0.29, 0.717) is 35.2 Å². The lowest BCUT2D eigenvalue weighted by Crippen LogP contribution is -2.54. The Morgan fingerprint density at radius 1 is 1.16 bits per heavy atom. The number of ether oxygens (including phenoxy) is 4. The maximum atomic E-state index is 13.1. The second kappa shape index (κ2) is 8.46. The van der Waals surface area contributed by atoms with Crippen LogP contribution in [-0.2, 0) is 9.59 Å². The quantitative estimate of drug-likeness (QED) is 0.356. The van der Waals surface area contributed by atoms with E-state index < -0.39 is 17.8 Å². The highest BCUT2D eigenvalue weighted by molar-refractivity contribution is 14.1. The molecule has 2 aromatic rings. The van der Waals surface area contributed by atoms with E-state index in [9.17, 15) is 14.4 Å². The Labute approximate surface area is 191 Å². The first-order chi connectivity index (χ1) is 14.9. The number of benzene rings is 2. The first-order valence-electron chi connectivity index (χ1n) is 9.24. The van der Waals surface area contributed by atoms with E-state index in [2.05, 4.69) is 27.9 Å². The van der Waals surface area contributed by atoms with Crippen molar-refractivity contribution in [3.05, 3.63) is 45.0 Å². The minimum atomic E-state index is -0.843. The van der Waals surface area contributed by atoms with Gasteiger partial charge in [-0.2, -0.15) is 0 Å². The minimum Gasteiger partial charge on any atom is -0.493 e. The number of methoxy groups -OCH3 is 1. The van der Waals surface area contributed by atoms with Crippen molar-refractivity contribution in [2.24, 2.45) is 0 Å². The van der Waals surface area contributed by atoms with Crippen molar-refractivity contribution >= 4 is 52.2 Å². The van der Waals surface area contributed by atoms with E-state index in [1.807, 2.05) is 6.92 Å². The summed E-state index contributed by atoms with van der Waals surface area (Å²) in [4.78, 5) is 38.9. The summed E-state index contributed by atoms with van der Waals surface area (Å²) in [6, 6.07) is 7.21. The Hall–Kier alpha value is -3.28. The number of halogens is 1. The van der Waals surface area contributed by atoms with Crippen LogP contribution in [0.3, 0.4) is 0 Å². The topological polar surface area (TPSA) is 103 Å². The standard InChI is InChI=1S/C21H17IN2O7/c1-3-29-18-14(22)7-11(8-17(18)28-2)6-13-19(25)23-21(27)24(20(13)26)12-4-5-15-16(9-12)31-10-30-15/h4-9H,3,10H2,1-2H3,(H,23,25,27)/b13-6-. The van der Waals surface area contributed by atoms with Crippen LogP contribution in [0.1, 0.15) is 12.5 Å². The third kappa shape index (κ3) is 3.90. The summed E-state index contributed by atoms with van der Waals surface area (Å²) < 4.78 is 22.3. The lowest BCUT2D eigenvalue weighted by molar-refractivity contribution is -0.122. The highest BCUT2D eigenvalue weighted by Gasteiger charge is 2.37. The van der Waals surface area contributed by atoms with E-state index in [1.165, 1.54) is 19.3 Å². The number of carbonyl (C=O) groups excluding carboxylic acids is 3. The average Bonchev–Trinajstić information content (AvgIpc) is 3.20. The smallest absolute Gasteiger partial charge is 0.335 e. The zero-order valence-corrected chi connectivity index (χ0v) is 18.7. The molecule has 9 nitrogen and oxygen atoms in total. The molecule has 10 heteroatoms. The van der Waals surface area contributed by atoms with Crippen LogP contribution in [0.5, 0.6) is 23.0 Å². The first kappa shape index (κ1) is 21.0. The van der Waals surface area contributed by atoms with Gasteiger partial charge in [-0.3, -0.25) is 14.9 Å². The van der Waals surface area contributed by atoms with Crippen molar-refractivity contribution in [2.45, 2.75) is 6.92 Å². The average molecular weight is 536 g/mol. The van der Waals surface area contributed by atoms with E-state index >= 15 is 0 Å². The molecule has 2 aliphatic rings. The Bertz CT molecular complexity index is 1130. The highest BCUT2D eigenvalue weighted by Crippen LogP contribution is 2.37. The maximum absolute atomic E-state index is 13.1. The molecule has 1 saturated heterocycles. The predicted octanol–water partition coefficient (Wildman–Crippen LogP) is 3.09. The van der Waals surface area contributed by atoms with E-state index in [4.69, 9.17) is 18.9 Å². The molecule has 0 bridgehead atoms. The number of imide groups is 2. The number of rotatable bonds is 5. The van der Waals surface area contributed by atoms with Gasteiger partial charge in [-0.25, -0.2) is 9.69 Å². The van der Waals surface area contributed by atoms with Crippen LogP contribution in [0.4, 0.5) is 10.5 Å². The van der Waals surface area contributed by atoms with Crippen LogP contribution in [0.15, 0.2) is 35.9 Å². The fourth-order valence-electron chi connectivity index (χ4n) is 3.19. The number of carbonyl (C=O) groups is 3. The Morgan fingerprint density at radius 3 is 2.68 bits per heavy atom. The van der Waals surface area contributed by atoms with Crippen molar-refractivity contribution < 1.29 is 33.3 Å². The molecule has 4 amide bonds. The summed E-state index contributed by atoms with van der Waals surface area (Å²) in [5, 5.41) is 2.20. The normalized spacial score (nSPS) is 16.5. The van der Waals surface area contributed by atoms with E-state index in [0.717, 1.165) is 8.47 Å². The minimum absolute atomic E-state index is 0.0563. The Morgan fingerprint density at radius 2 is 1.94 bits per heavy atom. The van der Waals surface area contributed by atoms with Crippen LogP contribution >= 0.6 is 22.6 Å². The number of amides is 4. The number of nitrogens with zero attached hydrogens (tertiary/aromatic N) is 1. The number of barbiturate groups is 1. The molecular formula is C21H17IN2O7. The van der Waals surface area contributed by atoms with Gasteiger partial charge in [0, 0.05) is 6.07 Å². The van der Waals surface area contributed by atoms with Crippen molar-refractivity contribution in [3.8, 4) is 23.0 Å². The third-order valence-electron chi connectivity index (χ3n) is 4.57. The lowest BCUT2D eigenvalue weighted by Gasteiger charge is -2.26. The van der Waals surface area contributed by atoms with Gasteiger partial charge >= 0.3 is 6.03 Å². The molecule has 2 heterocycles. The summed E-state index contributed by atoms with van der Waals surface area (Å²) in [5.41, 5.74) is 0.603. The van der Waals surface area contributed by atoms with Crippen LogP contribution in [-0.4, -0.2) is 38.4 Å². The largest absolute Gasteiger partial charge is 0.493 e. The van der Waals surface area contributed by atoms with Crippen molar-refractivity contribution in [1.29, 1.82) is 0 Å². The zero-order valence-electron chi connectivity index (χ0n) is 16.6. The molecule has 31 heavy (non-hydrogen) atoms. The van der Waals surface area contributed by atoms with Crippen molar-refractivity contribution in [2.75, 3.05) is 25.4 Å². The first-order valence-corrected chi connectivity index (χ1v) is 10.3. The molecule has 1 fully saturated rings. The molecule has 2 aromatic carbocycles. The monoisotopic (exact) mass is 536 g/mol.